The van der Waals surface area contributed by atoms with E-state index in [1.807, 2.05) is 0 Å². The van der Waals surface area contributed by atoms with Crippen LogP contribution in [0.4, 0.5) is 0 Å². The molecule has 0 aliphatic heterocycles. The number of benzene rings is 1. The van der Waals surface area contributed by atoms with Gasteiger partial charge in [-0.2, -0.15) is 0 Å². The topological polar surface area (TPSA) is 66.4 Å². The number of aliphatic hydroxyl groups is 1. The molecule has 1 saturated carbocycles. The van der Waals surface area contributed by atoms with Crippen LogP contribution in [0, 0.1) is 5.92 Å². The van der Waals surface area contributed by atoms with E-state index in [1.54, 1.807) is 18.2 Å². The van der Waals surface area contributed by atoms with E-state index in [0.29, 0.717) is 27.7 Å². The molecule has 2 rings (SSSR count). The minimum absolute atomic E-state index is 0.0566. The van der Waals surface area contributed by atoms with E-state index in [9.17, 15) is 13.5 Å². The Hall–Kier alpha value is 0.0500. The van der Waals surface area contributed by atoms with Crippen LogP contribution in [0.2, 0.25) is 0 Å². The first kappa shape index (κ1) is 17.4. The molecule has 4 nitrogen and oxygen atoms in total. The Balaban J connectivity index is 2.09. The van der Waals surface area contributed by atoms with E-state index in [4.69, 9.17) is 0 Å². The second-order valence-electron chi connectivity index (χ2n) is 5.81. The molecule has 0 heterocycles. The fourth-order valence-corrected chi connectivity index (χ4v) is 5.09. The van der Waals surface area contributed by atoms with Gasteiger partial charge >= 0.3 is 0 Å². The summed E-state index contributed by atoms with van der Waals surface area (Å²) >= 11 is 6.52. The Labute approximate surface area is 142 Å². The van der Waals surface area contributed by atoms with Gasteiger partial charge in [0.1, 0.15) is 0 Å². The van der Waals surface area contributed by atoms with Gasteiger partial charge in [0, 0.05) is 15.5 Å². The van der Waals surface area contributed by atoms with Crippen molar-refractivity contribution < 1.29 is 13.5 Å². The summed E-state index contributed by atoms with van der Waals surface area (Å²) in [5.41, 5.74) is -0.932. The second kappa shape index (κ2) is 6.66. The summed E-state index contributed by atoms with van der Waals surface area (Å²) < 4.78 is 28.5. The van der Waals surface area contributed by atoms with Crippen molar-refractivity contribution in [3.05, 3.63) is 27.1 Å². The number of halogens is 2. The summed E-state index contributed by atoms with van der Waals surface area (Å²) in [4.78, 5) is 0.171. The third-order valence-corrected chi connectivity index (χ3v) is 6.87. The minimum Gasteiger partial charge on any atom is -0.389 e. The summed E-state index contributed by atoms with van der Waals surface area (Å²) in [5, 5.41) is 10.5. The molecule has 118 valence electrons. The largest absolute Gasteiger partial charge is 0.389 e. The van der Waals surface area contributed by atoms with Crippen LogP contribution in [0.3, 0.4) is 0 Å². The fourth-order valence-electron chi connectivity index (χ4n) is 2.47. The summed E-state index contributed by atoms with van der Waals surface area (Å²) in [5.74, 6) is 0.598. The molecule has 0 unspecified atom stereocenters. The molecule has 1 fully saturated rings. The van der Waals surface area contributed by atoms with Crippen LogP contribution in [-0.2, 0) is 10.0 Å². The normalized spacial score (nSPS) is 26.8. The second-order valence-corrected chi connectivity index (χ2v) is 9.31. The van der Waals surface area contributed by atoms with Crippen LogP contribution in [0.5, 0.6) is 0 Å². The molecule has 0 aromatic heterocycles. The van der Waals surface area contributed by atoms with Gasteiger partial charge in [0.15, 0.2) is 0 Å². The fraction of sp³-hybridized carbons (Fsp3) is 0.571. The lowest BCUT2D eigenvalue weighted by atomic mass is 9.80. The monoisotopic (exact) mass is 439 g/mol. The predicted molar refractivity (Wildman–Crippen MR) is 89.6 cm³/mol. The average molecular weight is 441 g/mol. The van der Waals surface area contributed by atoms with E-state index in [0.717, 1.165) is 12.8 Å². The van der Waals surface area contributed by atoms with Gasteiger partial charge in [0.05, 0.1) is 10.5 Å². The van der Waals surface area contributed by atoms with Gasteiger partial charge in [-0.1, -0.05) is 22.9 Å². The van der Waals surface area contributed by atoms with E-state index in [2.05, 4.69) is 43.5 Å². The van der Waals surface area contributed by atoms with Crippen molar-refractivity contribution in [1.82, 2.24) is 4.72 Å². The molecule has 0 bridgehead atoms. The van der Waals surface area contributed by atoms with Gasteiger partial charge in [-0.3, -0.25) is 0 Å². The van der Waals surface area contributed by atoms with Crippen LogP contribution in [0.15, 0.2) is 32.0 Å². The van der Waals surface area contributed by atoms with Crippen molar-refractivity contribution in [2.45, 2.75) is 43.1 Å². The first-order valence-electron chi connectivity index (χ1n) is 6.89. The third kappa shape index (κ3) is 4.51. The number of sulfonamides is 1. The van der Waals surface area contributed by atoms with Crippen molar-refractivity contribution in [2.75, 3.05) is 6.54 Å². The lowest BCUT2D eigenvalue weighted by Crippen LogP contribution is -2.45. The molecule has 0 radical (unpaired) electrons. The Kier molecular flexibility index (Phi) is 5.52. The average Bonchev–Trinajstić information content (AvgIpc) is 2.43. The lowest BCUT2D eigenvalue weighted by molar-refractivity contribution is -0.00183. The molecule has 21 heavy (non-hydrogen) atoms. The zero-order valence-corrected chi connectivity index (χ0v) is 15.8. The van der Waals surface area contributed by atoms with Crippen molar-refractivity contribution in [3.8, 4) is 0 Å². The number of nitrogens with one attached hydrogen (secondary N) is 1. The van der Waals surface area contributed by atoms with E-state index in [1.165, 1.54) is 0 Å². The number of rotatable bonds is 4. The van der Waals surface area contributed by atoms with Crippen LogP contribution in [-0.4, -0.2) is 25.7 Å². The highest BCUT2D eigenvalue weighted by molar-refractivity contribution is 9.11. The lowest BCUT2D eigenvalue weighted by Gasteiger charge is -2.34. The van der Waals surface area contributed by atoms with Gasteiger partial charge in [0.2, 0.25) is 10.0 Å². The Morgan fingerprint density at radius 3 is 2.57 bits per heavy atom. The number of hydrogen-bond donors (Lipinski definition) is 2. The molecule has 1 aromatic carbocycles. The molecular formula is C14H19Br2NO3S. The van der Waals surface area contributed by atoms with E-state index < -0.39 is 15.6 Å². The Bertz CT molecular complexity index is 611. The standard InChI is InChI=1S/C14H19Br2NO3S/c1-10-4-6-14(18,7-5-10)9-17-21(19,20)13-8-11(15)2-3-12(13)16/h2-3,8,10,17-18H,4-7,9H2,1H3. The highest BCUT2D eigenvalue weighted by atomic mass is 79.9. The smallest absolute Gasteiger partial charge is 0.241 e. The van der Waals surface area contributed by atoms with Crippen molar-refractivity contribution >= 4 is 41.9 Å². The molecule has 0 spiro atoms. The molecular weight excluding hydrogens is 422 g/mol. The van der Waals surface area contributed by atoms with Crippen LogP contribution in [0.25, 0.3) is 0 Å². The Morgan fingerprint density at radius 1 is 1.33 bits per heavy atom. The molecule has 0 amide bonds. The Morgan fingerprint density at radius 2 is 1.95 bits per heavy atom. The predicted octanol–water partition coefficient (Wildman–Crippen LogP) is 3.43. The maximum Gasteiger partial charge on any atom is 0.241 e. The molecule has 0 atom stereocenters. The molecule has 0 saturated heterocycles. The molecule has 1 aromatic rings. The van der Waals surface area contributed by atoms with E-state index in [-0.39, 0.29) is 11.4 Å². The first-order chi connectivity index (χ1) is 9.72. The first-order valence-corrected chi connectivity index (χ1v) is 9.96. The molecule has 7 heteroatoms. The maximum absolute atomic E-state index is 12.4. The molecule has 1 aliphatic carbocycles. The highest BCUT2D eigenvalue weighted by Gasteiger charge is 2.33. The SMILES string of the molecule is CC1CCC(O)(CNS(=O)(=O)c2cc(Br)ccc2Br)CC1. The van der Waals surface area contributed by atoms with E-state index >= 15 is 0 Å². The summed E-state index contributed by atoms with van der Waals surface area (Å²) in [6, 6.07) is 4.98. The van der Waals surface area contributed by atoms with Gasteiger partial charge in [-0.05, 0) is 65.7 Å². The minimum atomic E-state index is -3.65. The zero-order chi connectivity index (χ0) is 15.7. The summed E-state index contributed by atoms with van der Waals surface area (Å²) in [6.07, 6.45) is 3.13. The van der Waals surface area contributed by atoms with Gasteiger partial charge in [-0.25, -0.2) is 13.1 Å². The highest BCUT2D eigenvalue weighted by Crippen LogP contribution is 2.32. The van der Waals surface area contributed by atoms with Gasteiger partial charge < -0.3 is 5.11 Å². The summed E-state index contributed by atoms with van der Waals surface area (Å²) in [6.45, 7) is 2.21. The van der Waals surface area contributed by atoms with Crippen LogP contribution >= 0.6 is 31.9 Å². The van der Waals surface area contributed by atoms with Crippen LogP contribution < -0.4 is 4.72 Å². The summed E-state index contributed by atoms with van der Waals surface area (Å²) in [7, 11) is -3.65. The van der Waals surface area contributed by atoms with Crippen molar-refractivity contribution in [1.29, 1.82) is 0 Å². The van der Waals surface area contributed by atoms with Crippen LogP contribution in [0.1, 0.15) is 32.6 Å². The number of hydrogen-bond acceptors (Lipinski definition) is 3. The van der Waals surface area contributed by atoms with Gasteiger partial charge in [0.25, 0.3) is 0 Å². The zero-order valence-electron chi connectivity index (χ0n) is 11.8. The quantitative estimate of drug-likeness (QED) is 0.753. The third-order valence-electron chi connectivity index (χ3n) is 3.98. The van der Waals surface area contributed by atoms with Gasteiger partial charge in [-0.15, -0.1) is 0 Å². The van der Waals surface area contributed by atoms with Crippen molar-refractivity contribution in [3.63, 3.8) is 0 Å². The van der Waals surface area contributed by atoms with Crippen molar-refractivity contribution in [2.24, 2.45) is 5.92 Å². The maximum atomic E-state index is 12.4. The molecule has 2 N–H and O–H groups in total. The molecule has 1 aliphatic rings.